The van der Waals surface area contributed by atoms with Crippen LogP contribution >= 0.6 is 0 Å². The summed E-state index contributed by atoms with van der Waals surface area (Å²) < 4.78 is 0. The van der Waals surface area contributed by atoms with E-state index in [2.05, 4.69) is 10.1 Å². The normalized spacial score (nSPS) is 13.8. The standard InChI is InChI=1S/C14H14N6O/c15-17-9-20(16)13-7-3-6-12(18-13)19-8-10-4-1-2-5-11(10)14(19)21/h1-7,9H,8,15-16H2/b17-9-. The fraction of sp³-hybridized carbons (Fsp3) is 0.0714. The first-order valence-electron chi connectivity index (χ1n) is 6.35. The topological polar surface area (TPSA) is 101 Å². The molecule has 1 aliphatic heterocycles. The fourth-order valence-corrected chi connectivity index (χ4v) is 2.28. The summed E-state index contributed by atoms with van der Waals surface area (Å²) in [4.78, 5) is 18.4. The number of hydrazone groups is 1. The monoisotopic (exact) mass is 282 g/mol. The van der Waals surface area contributed by atoms with Crippen LogP contribution in [0.1, 0.15) is 15.9 Å². The molecule has 4 N–H and O–H groups in total. The lowest BCUT2D eigenvalue weighted by molar-refractivity contribution is 0.0996. The van der Waals surface area contributed by atoms with Crippen LogP contribution in [0.25, 0.3) is 0 Å². The van der Waals surface area contributed by atoms with Crippen LogP contribution in [-0.2, 0) is 6.54 Å². The molecule has 0 saturated carbocycles. The van der Waals surface area contributed by atoms with Crippen LogP contribution in [0.5, 0.6) is 0 Å². The summed E-state index contributed by atoms with van der Waals surface area (Å²) in [7, 11) is 0. The van der Waals surface area contributed by atoms with Gasteiger partial charge in [0.05, 0.1) is 6.54 Å². The maximum Gasteiger partial charge on any atom is 0.260 e. The molecule has 0 radical (unpaired) electrons. The average Bonchev–Trinajstić information content (AvgIpc) is 2.85. The van der Waals surface area contributed by atoms with Crippen LogP contribution in [0.4, 0.5) is 11.6 Å². The van der Waals surface area contributed by atoms with Crippen molar-refractivity contribution >= 4 is 23.9 Å². The predicted octanol–water partition coefficient (Wildman–Crippen LogP) is 0.824. The van der Waals surface area contributed by atoms with Crippen molar-refractivity contribution in [2.45, 2.75) is 6.54 Å². The summed E-state index contributed by atoms with van der Waals surface area (Å²) in [5, 5.41) is 4.53. The van der Waals surface area contributed by atoms with Gasteiger partial charge in [0.25, 0.3) is 5.91 Å². The van der Waals surface area contributed by atoms with Crippen LogP contribution in [0.3, 0.4) is 0 Å². The van der Waals surface area contributed by atoms with Crippen molar-refractivity contribution in [3.63, 3.8) is 0 Å². The number of pyridine rings is 1. The minimum atomic E-state index is -0.0636. The molecule has 3 rings (SSSR count). The molecule has 0 spiro atoms. The van der Waals surface area contributed by atoms with Gasteiger partial charge in [-0.15, -0.1) is 0 Å². The number of hydrazine groups is 1. The van der Waals surface area contributed by atoms with Gasteiger partial charge >= 0.3 is 0 Å². The fourth-order valence-electron chi connectivity index (χ4n) is 2.28. The maximum atomic E-state index is 12.4. The number of carbonyl (C=O) groups is 1. The molecule has 1 aromatic carbocycles. The zero-order chi connectivity index (χ0) is 14.8. The SMILES string of the molecule is N/N=C\N(N)c1cccc(N2Cc3ccccc3C2=O)n1. The Morgan fingerprint density at radius 2 is 2.05 bits per heavy atom. The van der Waals surface area contributed by atoms with Gasteiger partial charge in [0, 0.05) is 5.56 Å². The van der Waals surface area contributed by atoms with Crippen LogP contribution < -0.4 is 21.6 Å². The number of hydrogen-bond donors (Lipinski definition) is 2. The Hall–Kier alpha value is -2.93. The Kier molecular flexibility index (Phi) is 3.25. The second kappa shape index (κ2) is 5.22. The summed E-state index contributed by atoms with van der Waals surface area (Å²) >= 11 is 0. The van der Waals surface area contributed by atoms with Gasteiger partial charge in [-0.2, -0.15) is 5.10 Å². The number of anilines is 2. The van der Waals surface area contributed by atoms with E-state index in [0.29, 0.717) is 23.7 Å². The number of benzene rings is 1. The molecule has 1 aliphatic rings. The van der Waals surface area contributed by atoms with Crippen molar-refractivity contribution in [2.75, 3.05) is 9.91 Å². The van der Waals surface area contributed by atoms with E-state index in [4.69, 9.17) is 11.7 Å². The molecule has 106 valence electrons. The molecular weight excluding hydrogens is 268 g/mol. The first-order chi connectivity index (χ1) is 10.2. The molecule has 0 bridgehead atoms. The third kappa shape index (κ3) is 2.30. The zero-order valence-electron chi connectivity index (χ0n) is 11.2. The largest absolute Gasteiger partial charge is 0.322 e. The predicted molar refractivity (Wildman–Crippen MR) is 80.5 cm³/mol. The van der Waals surface area contributed by atoms with Gasteiger partial charge in [-0.25, -0.2) is 15.8 Å². The number of hydrogen-bond acceptors (Lipinski definition) is 5. The number of nitrogens with two attached hydrogens (primary N) is 2. The van der Waals surface area contributed by atoms with Crippen LogP contribution in [0.15, 0.2) is 47.6 Å². The van der Waals surface area contributed by atoms with Gasteiger partial charge < -0.3 is 5.84 Å². The second-order valence-electron chi connectivity index (χ2n) is 4.57. The highest BCUT2D eigenvalue weighted by atomic mass is 16.2. The van der Waals surface area contributed by atoms with E-state index in [-0.39, 0.29) is 5.91 Å². The highest BCUT2D eigenvalue weighted by Crippen LogP contribution is 2.27. The lowest BCUT2D eigenvalue weighted by atomic mass is 10.1. The van der Waals surface area contributed by atoms with Crippen molar-refractivity contribution in [3.05, 3.63) is 53.6 Å². The Balaban J connectivity index is 1.93. The van der Waals surface area contributed by atoms with Gasteiger partial charge in [0.2, 0.25) is 0 Å². The van der Waals surface area contributed by atoms with E-state index >= 15 is 0 Å². The smallest absolute Gasteiger partial charge is 0.260 e. The molecule has 21 heavy (non-hydrogen) atoms. The molecule has 0 atom stereocenters. The van der Waals surface area contributed by atoms with Crippen molar-refractivity contribution in [2.24, 2.45) is 16.8 Å². The zero-order valence-corrected chi connectivity index (χ0v) is 11.2. The summed E-state index contributed by atoms with van der Waals surface area (Å²) in [6, 6.07) is 12.8. The van der Waals surface area contributed by atoms with Crippen molar-refractivity contribution in [1.29, 1.82) is 0 Å². The average molecular weight is 282 g/mol. The molecule has 1 aromatic heterocycles. The van der Waals surface area contributed by atoms with Crippen molar-refractivity contribution in [3.8, 4) is 0 Å². The number of carbonyl (C=O) groups excluding carboxylic acids is 1. The Morgan fingerprint density at radius 1 is 1.24 bits per heavy atom. The van der Waals surface area contributed by atoms with Gasteiger partial charge in [0.1, 0.15) is 12.2 Å². The van der Waals surface area contributed by atoms with E-state index in [1.807, 2.05) is 24.3 Å². The molecule has 2 heterocycles. The van der Waals surface area contributed by atoms with Gasteiger partial charge in [-0.1, -0.05) is 24.3 Å². The highest BCUT2D eigenvalue weighted by molar-refractivity contribution is 6.09. The lowest BCUT2D eigenvalue weighted by Crippen LogP contribution is -2.31. The third-order valence-corrected chi connectivity index (χ3v) is 3.27. The molecule has 1 amide bonds. The van der Waals surface area contributed by atoms with Crippen LogP contribution in [-0.4, -0.2) is 17.2 Å². The van der Waals surface area contributed by atoms with Crippen LogP contribution in [0.2, 0.25) is 0 Å². The number of rotatable bonds is 3. The van der Waals surface area contributed by atoms with E-state index in [9.17, 15) is 4.79 Å². The summed E-state index contributed by atoms with van der Waals surface area (Å²) in [5.41, 5.74) is 1.70. The Morgan fingerprint density at radius 3 is 2.81 bits per heavy atom. The van der Waals surface area contributed by atoms with Crippen molar-refractivity contribution < 1.29 is 4.79 Å². The van der Waals surface area contributed by atoms with Crippen molar-refractivity contribution in [1.82, 2.24) is 4.98 Å². The van der Waals surface area contributed by atoms with E-state index in [1.54, 1.807) is 23.1 Å². The number of nitrogens with zero attached hydrogens (tertiary/aromatic N) is 4. The highest BCUT2D eigenvalue weighted by Gasteiger charge is 2.28. The van der Waals surface area contributed by atoms with Crippen LogP contribution in [0, 0.1) is 0 Å². The Labute approximate surface area is 121 Å². The third-order valence-electron chi connectivity index (χ3n) is 3.27. The van der Waals surface area contributed by atoms with Gasteiger partial charge in [0.15, 0.2) is 5.82 Å². The molecule has 7 nitrogen and oxygen atoms in total. The number of aromatic nitrogens is 1. The molecule has 0 unspecified atom stereocenters. The molecule has 2 aromatic rings. The maximum absolute atomic E-state index is 12.4. The molecule has 0 aliphatic carbocycles. The molecular formula is C14H14N6O. The number of fused-ring (bicyclic) bond motifs is 1. The number of amides is 1. The molecule has 0 saturated heterocycles. The van der Waals surface area contributed by atoms with Gasteiger partial charge in [-0.3, -0.25) is 9.69 Å². The second-order valence-corrected chi connectivity index (χ2v) is 4.57. The van der Waals surface area contributed by atoms with E-state index in [1.165, 1.54) is 11.3 Å². The van der Waals surface area contributed by atoms with E-state index < -0.39 is 0 Å². The van der Waals surface area contributed by atoms with E-state index in [0.717, 1.165) is 5.56 Å². The first kappa shape index (κ1) is 13.1. The lowest BCUT2D eigenvalue weighted by Gasteiger charge is -2.17. The molecule has 7 heteroatoms. The quantitative estimate of drug-likeness (QED) is 0.376. The Bertz CT molecular complexity index is 714. The minimum absolute atomic E-state index is 0.0636. The first-order valence-corrected chi connectivity index (χ1v) is 6.35. The minimum Gasteiger partial charge on any atom is -0.322 e. The summed E-state index contributed by atoms with van der Waals surface area (Å²) in [6.07, 6.45) is 1.24. The van der Waals surface area contributed by atoms with Gasteiger partial charge in [-0.05, 0) is 23.8 Å². The summed E-state index contributed by atoms with van der Waals surface area (Å²) in [6.45, 7) is 0.501. The molecule has 0 fully saturated rings. The summed E-state index contributed by atoms with van der Waals surface area (Å²) in [5.74, 6) is 11.7.